The summed E-state index contributed by atoms with van der Waals surface area (Å²) in [6.07, 6.45) is -4.78. The Balaban J connectivity index is 0.00000353. The van der Waals surface area contributed by atoms with E-state index in [2.05, 4.69) is 15.4 Å². The highest BCUT2D eigenvalue weighted by Gasteiger charge is 2.36. The van der Waals surface area contributed by atoms with Crippen LogP contribution in [0.25, 0.3) is 22.6 Å². The number of aromatic nitrogens is 5. The minimum Gasteiger partial charge on any atom is -1.00 e. The van der Waals surface area contributed by atoms with E-state index >= 15 is 0 Å². The minimum absolute atomic E-state index is 0. The molecule has 5 rings (SSSR count). The van der Waals surface area contributed by atoms with Crippen LogP contribution >= 0.6 is 0 Å². The largest absolute Gasteiger partial charge is 1.00 e. The third-order valence-corrected chi connectivity index (χ3v) is 6.13. The Bertz CT molecular complexity index is 1720. The Morgan fingerprint density at radius 1 is 1.03 bits per heavy atom. The van der Waals surface area contributed by atoms with Crippen molar-refractivity contribution in [3.8, 4) is 22.7 Å². The third kappa shape index (κ3) is 4.98. The van der Waals surface area contributed by atoms with Crippen LogP contribution in [0.4, 0.5) is 18.9 Å². The molecule has 0 bridgehead atoms. The highest BCUT2D eigenvalue weighted by atomic mass is 35.5. The molecule has 0 aliphatic carbocycles. The van der Waals surface area contributed by atoms with Gasteiger partial charge in [0.2, 0.25) is 0 Å². The molecule has 0 fully saturated rings. The number of ether oxygens (including phenoxy) is 1. The first-order chi connectivity index (χ1) is 18.1. The van der Waals surface area contributed by atoms with Crippen LogP contribution in [0.3, 0.4) is 0 Å². The van der Waals surface area contributed by atoms with Gasteiger partial charge in [-0.05, 0) is 49.4 Å². The fourth-order valence-electron chi connectivity index (χ4n) is 4.09. The summed E-state index contributed by atoms with van der Waals surface area (Å²) in [5, 5.41) is 6.38. The van der Waals surface area contributed by atoms with Gasteiger partial charge in [0, 0.05) is 18.7 Å². The number of para-hydroxylation sites is 1. The zero-order valence-corrected chi connectivity index (χ0v) is 21.6. The molecule has 39 heavy (non-hydrogen) atoms. The minimum atomic E-state index is -4.78. The Morgan fingerprint density at radius 3 is 2.31 bits per heavy atom. The van der Waals surface area contributed by atoms with E-state index in [1.807, 2.05) is 0 Å². The van der Waals surface area contributed by atoms with Crippen molar-refractivity contribution in [2.45, 2.75) is 13.1 Å². The summed E-state index contributed by atoms with van der Waals surface area (Å²) in [6.45, 7) is 1.64. The number of anilines is 1. The van der Waals surface area contributed by atoms with Gasteiger partial charge in [-0.1, -0.05) is 18.2 Å². The van der Waals surface area contributed by atoms with Crippen LogP contribution in [-0.4, -0.2) is 37.0 Å². The molecule has 1 amide bonds. The highest BCUT2D eigenvalue weighted by Crippen LogP contribution is 2.33. The smallest absolute Gasteiger partial charge is 0.433 e. The molecule has 0 aliphatic rings. The third-order valence-electron chi connectivity index (χ3n) is 6.13. The van der Waals surface area contributed by atoms with Crippen molar-refractivity contribution in [2.75, 3.05) is 12.4 Å². The molecule has 3 heterocycles. The molecule has 5 aromatic rings. The molecular weight excluding hydrogens is 537 g/mol. The van der Waals surface area contributed by atoms with Gasteiger partial charge in [0.15, 0.2) is 17.0 Å². The number of hydrogen-bond donors (Lipinski definition) is 1. The highest BCUT2D eigenvalue weighted by molar-refractivity contribution is 6.03. The number of carbonyl (C=O) groups excluding carboxylic acids is 1. The van der Waals surface area contributed by atoms with E-state index in [0.717, 1.165) is 12.1 Å². The van der Waals surface area contributed by atoms with Gasteiger partial charge in [-0.2, -0.15) is 18.3 Å². The fourth-order valence-corrected chi connectivity index (χ4v) is 4.09. The summed E-state index contributed by atoms with van der Waals surface area (Å²) in [5.74, 6) is -0.308. The second-order valence-electron chi connectivity index (χ2n) is 8.44. The number of rotatable bonds is 5. The lowest BCUT2D eigenvalue weighted by Gasteiger charge is -2.11. The molecular formula is C26H21ClF3N6O3-. The average Bonchev–Trinajstić information content (AvgIpc) is 3.43. The van der Waals surface area contributed by atoms with Crippen LogP contribution < -0.4 is 28.0 Å². The number of methoxy groups -OCH3 is 1. The van der Waals surface area contributed by atoms with E-state index in [0.29, 0.717) is 27.2 Å². The first-order valence-electron chi connectivity index (χ1n) is 11.4. The Morgan fingerprint density at radius 2 is 1.69 bits per heavy atom. The summed E-state index contributed by atoms with van der Waals surface area (Å²) in [7, 11) is 3.14. The molecule has 0 saturated heterocycles. The van der Waals surface area contributed by atoms with Crippen molar-refractivity contribution >= 4 is 17.2 Å². The first-order valence-corrected chi connectivity index (χ1v) is 11.4. The molecule has 1 N–H and O–H groups in total. The Hall–Kier alpha value is -4.58. The number of carbonyl (C=O) groups is 1. The average molecular weight is 558 g/mol. The van der Waals surface area contributed by atoms with E-state index in [-0.39, 0.29) is 35.1 Å². The van der Waals surface area contributed by atoms with E-state index in [9.17, 15) is 22.8 Å². The first kappa shape index (κ1) is 27.5. The molecule has 0 radical (unpaired) electrons. The number of benzene rings is 2. The lowest BCUT2D eigenvalue weighted by Crippen LogP contribution is -3.00. The molecule has 9 nitrogen and oxygen atoms in total. The zero-order valence-electron chi connectivity index (χ0n) is 20.8. The molecule has 0 spiro atoms. The van der Waals surface area contributed by atoms with Gasteiger partial charge < -0.3 is 22.5 Å². The van der Waals surface area contributed by atoms with Crippen LogP contribution in [0.1, 0.15) is 21.9 Å². The molecule has 0 atom stereocenters. The number of nitrogens with one attached hydrogen (secondary N) is 1. The standard InChI is InChI=1S/C26H21F3N6O3.ClH/c1-15-23(25(37)35(33(15)2)17-7-5-4-6-8-17)31-24(36)20-14-22-30-19(16-9-11-18(38-3)12-10-16)13-21(26(27,28)29)34(22)32-20;/h4-14H,1-3H3,(H,31,36);1H/p-1. The van der Waals surface area contributed by atoms with Crippen LogP contribution in [0, 0.1) is 6.92 Å². The van der Waals surface area contributed by atoms with Crippen molar-refractivity contribution in [1.29, 1.82) is 0 Å². The van der Waals surface area contributed by atoms with E-state index in [4.69, 9.17) is 4.74 Å². The number of halogens is 4. The van der Waals surface area contributed by atoms with Crippen molar-refractivity contribution < 1.29 is 35.1 Å². The van der Waals surface area contributed by atoms with E-state index < -0.39 is 23.3 Å². The van der Waals surface area contributed by atoms with E-state index in [1.165, 1.54) is 11.8 Å². The summed E-state index contributed by atoms with van der Waals surface area (Å²) in [6, 6.07) is 17.2. The molecule has 2 aromatic carbocycles. The van der Waals surface area contributed by atoms with Gasteiger partial charge in [0.05, 0.1) is 24.2 Å². The molecule has 0 unspecified atom stereocenters. The van der Waals surface area contributed by atoms with Crippen LogP contribution in [0.5, 0.6) is 5.75 Å². The second kappa shape index (κ2) is 10.3. The molecule has 13 heteroatoms. The SMILES string of the molecule is COc1ccc(-c2cc(C(F)(F)F)n3nc(C(=O)Nc4c(C)n(C)n(-c5ccccc5)c4=O)cc3n2)cc1.[Cl-]. The second-order valence-corrected chi connectivity index (χ2v) is 8.44. The molecule has 0 aliphatic heterocycles. The van der Waals surface area contributed by atoms with Crippen LogP contribution in [0.15, 0.2) is 71.5 Å². The quantitative estimate of drug-likeness (QED) is 0.353. The fraction of sp³-hybridized carbons (Fsp3) is 0.154. The van der Waals surface area contributed by atoms with Crippen LogP contribution in [-0.2, 0) is 13.2 Å². The molecule has 202 valence electrons. The number of alkyl halides is 3. The monoisotopic (exact) mass is 557 g/mol. The normalized spacial score (nSPS) is 11.3. The summed E-state index contributed by atoms with van der Waals surface area (Å²) in [5.41, 5.74) is -0.615. The van der Waals surface area contributed by atoms with E-state index in [1.54, 1.807) is 73.3 Å². The maximum Gasteiger partial charge on any atom is 0.433 e. The van der Waals surface area contributed by atoms with Gasteiger partial charge in [0.1, 0.15) is 11.4 Å². The van der Waals surface area contributed by atoms with Crippen molar-refractivity contribution in [2.24, 2.45) is 7.05 Å². The summed E-state index contributed by atoms with van der Waals surface area (Å²) in [4.78, 5) is 30.5. The number of fused-ring (bicyclic) bond motifs is 1. The maximum atomic E-state index is 13.9. The van der Waals surface area contributed by atoms with Gasteiger partial charge in [0.25, 0.3) is 11.5 Å². The van der Waals surface area contributed by atoms with Gasteiger partial charge in [-0.3, -0.25) is 14.3 Å². The van der Waals surface area contributed by atoms with Crippen LogP contribution in [0.2, 0.25) is 0 Å². The predicted molar refractivity (Wildman–Crippen MR) is 134 cm³/mol. The van der Waals surface area contributed by atoms with Crippen molar-refractivity contribution in [3.05, 3.63) is 94.2 Å². The summed E-state index contributed by atoms with van der Waals surface area (Å²) >= 11 is 0. The van der Waals surface area contributed by atoms with Gasteiger partial charge in [-0.25, -0.2) is 14.2 Å². The zero-order chi connectivity index (χ0) is 27.2. The molecule has 3 aromatic heterocycles. The lowest BCUT2D eigenvalue weighted by atomic mass is 10.1. The van der Waals surface area contributed by atoms with Gasteiger partial charge in [-0.15, -0.1) is 0 Å². The van der Waals surface area contributed by atoms with Gasteiger partial charge >= 0.3 is 6.18 Å². The van der Waals surface area contributed by atoms with Crippen molar-refractivity contribution in [3.63, 3.8) is 0 Å². The number of nitrogens with zero attached hydrogens (tertiary/aromatic N) is 5. The maximum absolute atomic E-state index is 13.9. The topological polar surface area (TPSA) is 95.5 Å². The Kier molecular flexibility index (Phi) is 7.25. The predicted octanol–water partition coefficient (Wildman–Crippen LogP) is 1.48. The lowest BCUT2D eigenvalue weighted by molar-refractivity contribution is -0.142. The Labute approximate surface area is 225 Å². The number of hydrogen-bond acceptors (Lipinski definition) is 5. The van der Waals surface area contributed by atoms with Crippen molar-refractivity contribution in [1.82, 2.24) is 24.0 Å². The number of amides is 1. The molecule has 0 saturated carbocycles. The summed E-state index contributed by atoms with van der Waals surface area (Å²) < 4.78 is 50.5.